The summed E-state index contributed by atoms with van der Waals surface area (Å²) in [5.41, 5.74) is 3.95. The summed E-state index contributed by atoms with van der Waals surface area (Å²) in [5.74, 6) is 0.886. The lowest BCUT2D eigenvalue weighted by atomic mass is 9.91. The van der Waals surface area contributed by atoms with Crippen molar-refractivity contribution in [2.24, 2.45) is 0 Å². The number of aromatic nitrogens is 1. The van der Waals surface area contributed by atoms with Gasteiger partial charge in [-0.2, -0.15) is 0 Å². The third-order valence-corrected chi connectivity index (χ3v) is 4.04. The number of hydrogen-bond acceptors (Lipinski definition) is 4. The second-order valence-electron chi connectivity index (χ2n) is 5.43. The van der Waals surface area contributed by atoms with Crippen molar-refractivity contribution in [2.75, 3.05) is 31.6 Å². The highest BCUT2D eigenvalue weighted by Crippen LogP contribution is 2.28. The Bertz CT molecular complexity index is 597. The third-order valence-electron chi connectivity index (χ3n) is 4.04. The van der Waals surface area contributed by atoms with Crippen molar-refractivity contribution in [1.82, 2.24) is 10.3 Å². The quantitative estimate of drug-likeness (QED) is 0.897. The van der Waals surface area contributed by atoms with Crippen molar-refractivity contribution in [3.63, 3.8) is 0 Å². The van der Waals surface area contributed by atoms with Crippen LogP contribution in [0.5, 0.6) is 0 Å². The van der Waals surface area contributed by atoms with Gasteiger partial charge in [-0.3, -0.25) is 0 Å². The lowest BCUT2D eigenvalue weighted by Crippen LogP contribution is -2.30. The summed E-state index contributed by atoms with van der Waals surface area (Å²) < 4.78 is 0. The van der Waals surface area contributed by atoms with Gasteiger partial charge >= 0.3 is 0 Å². The van der Waals surface area contributed by atoms with E-state index in [9.17, 15) is 0 Å². The molecule has 0 spiro atoms. The van der Waals surface area contributed by atoms with Gasteiger partial charge in [0.05, 0.1) is 12.6 Å². The molecule has 1 unspecified atom stereocenters. The number of likely N-dealkylation sites (N-methyl/N-ethyl adjacent to an activating group) is 1. The average Bonchev–Trinajstić information content (AvgIpc) is 2.55. The number of hydrogen-bond donors (Lipinski definition) is 2. The Balaban J connectivity index is 1.85. The number of benzene rings is 1. The molecule has 0 fully saturated rings. The van der Waals surface area contributed by atoms with Crippen LogP contribution in [0.25, 0.3) is 0 Å². The van der Waals surface area contributed by atoms with Gasteiger partial charge in [0.2, 0.25) is 0 Å². The van der Waals surface area contributed by atoms with Gasteiger partial charge in [-0.1, -0.05) is 30.3 Å². The molecule has 2 aromatic rings. The molecule has 3 rings (SSSR count). The van der Waals surface area contributed by atoms with Crippen LogP contribution in [-0.2, 0) is 6.42 Å². The molecule has 2 heterocycles. The maximum atomic E-state index is 8.99. The van der Waals surface area contributed by atoms with E-state index in [0.717, 1.165) is 18.8 Å². The van der Waals surface area contributed by atoms with E-state index in [4.69, 9.17) is 5.11 Å². The fraction of sp³-hybridized carbons (Fsp3) is 0.353. The minimum Gasteiger partial charge on any atom is -0.395 e. The molecule has 0 amide bonds. The SMILES string of the molecule is CN(CCO)c1ccc(C2NCCc3ccccc32)cn1. The van der Waals surface area contributed by atoms with Crippen LogP contribution >= 0.6 is 0 Å². The van der Waals surface area contributed by atoms with Crippen molar-refractivity contribution < 1.29 is 5.11 Å². The largest absolute Gasteiger partial charge is 0.395 e. The topological polar surface area (TPSA) is 48.4 Å². The van der Waals surface area contributed by atoms with Crippen molar-refractivity contribution >= 4 is 5.82 Å². The van der Waals surface area contributed by atoms with Gasteiger partial charge in [-0.05, 0) is 29.2 Å². The van der Waals surface area contributed by atoms with Gasteiger partial charge in [-0.15, -0.1) is 0 Å². The van der Waals surface area contributed by atoms with Gasteiger partial charge in [0.15, 0.2) is 0 Å². The van der Waals surface area contributed by atoms with Crippen LogP contribution in [0.1, 0.15) is 22.7 Å². The summed E-state index contributed by atoms with van der Waals surface area (Å²) in [7, 11) is 1.94. The molecular formula is C17H21N3O. The Hall–Kier alpha value is -1.91. The molecule has 4 heteroatoms. The number of aliphatic hydroxyl groups excluding tert-OH is 1. The van der Waals surface area contributed by atoms with Gasteiger partial charge < -0.3 is 15.3 Å². The van der Waals surface area contributed by atoms with Crippen LogP contribution in [-0.4, -0.2) is 36.8 Å². The number of nitrogens with zero attached hydrogens (tertiary/aromatic N) is 2. The van der Waals surface area contributed by atoms with Crippen LogP contribution < -0.4 is 10.2 Å². The molecule has 110 valence electrons. The fourth-order valence-corrected chi connectivity index (χ4v) is 2.86. The minimum absolute atomic E-state index is 0.136. The van der Waals surface area contributed by atoms with Crippen LogP contribution in [0.2, 0.25) is 0 Å². The minimum atomic E-state index is 0.136. The number of aliphatic hydroxyl groups is 1. The maximum Gasteiger partial charge on any atom is 0.128 e. The molecule has 0 radical (unpaired) electrons. The van der Waals surface area contributed by atoms with E-state index >= 15 is 0 Å². The fourth-order valence-electron chi connectivity index (χ4n) is 2.86. The summed E-state index contributed by atoms with van der Waals surface area (Å²) in [6, 6.07) is 13.0. The highest BCUT2D eigenvalue weighted by atomic mass is 16.3. The predicted octanol–water partition coefficient (Wildman–Crippen LogP) is 1.75. The van der Waals surface area contributed by atoms with E-state index in [1.165, 1.54) is 16.7 Å². The molecule has 21 heavy (non-hydrogen) atoms. The number of anilines is 1. The average molecular weight is 283 g/mol. The standard InChI is InChI=1S/C17H21N3O/c1-20(10-11-21)16-7-6-14(12-19-16)17-15-5-3-2-4-13(15)8-9-18-17/h2-7,12,17-18,21H,8-11H2,1H3. The van der Waals surface area contributed by atoms with Crippen LogP contribution in [0.3, 0.4) is 0 Å². The highest BCUT2D eigenvalue weighted by Gasteiger charge is 2.21. The van der Waals surface area contributed by atoms with Gasteiger partial charge in [-0.25, -0.2) is 4.98 Å². The lowest BCUT2D eigenvalue weighted by molar-refractivity contribution is 0.304. The maximum absolute atomic E-state index is 8.99. The Morgan fingerprint density at radius 3 is 2.90 bits per heavy atom. The van der Waals surface area contributed by atoms with Crippen LogP contribution in [0.15, 0.2) is 42.6 Å². The van der Waals surface area contributed by atoms with E-state index in [1.807, 2.05) is 24.2 Å². The number of nitrogens with one attached hydrogen (secondary N) is 1. The summed E-state index contributed by atoms with van der Waals surface area (Å²) in [4.78, 5) is 6.47. The van der Waals surface area contributed by atoms with Crippen molar-refractivity contribution in [2.45, 2.75) is 12.5 Å². The molecule has 0 saturated heterocycles. The molecular weight excluding hydrogens is 262 g/mol. The Kier molecular flexibility index (Phi) is 4.18. The summed E-state index contributed by atoms with van der Waals surface area (Å²) in [5, 5.41) is 12.6. The number of fused-ring (bicyclic) bond motifs is 1. The van der Waals surface area contributed by atoms with Gasteiger partial charge in [0, 0.05) is 26.3 Å². The van der Waals surface area contributed by atoms with E-state index in [2.05, 4.69) is 40.6 Å². The Morgan fingerprint density at radius 1 is 1.29 bits per heavy atom. The first-order valence-electron chi connectivity index (χ1n) is 7.38. The molecule has 2 N–H and O–H groups in total. The monoisotopic (exact) mass is 283 g/mol. The Morgan fingerprint density at radius 2 is 2.14 bits per heavy atom. The highest BCUT2D eigenvalue weighted by molar-refractivity contribution is 5.43. The smallest absolute Gasteiger partial charge is 0.128 e. The van der Waals surface area contributed by atoms with E-state index in [1.54, 1.807) is 0 Å². The summed E-state index contributed by atoms with van der Waals surface area (Å²) >= 11 is 0. The Labute approximate surface area is 125 Å². The zero-order chi connectivity index (χ0) is 14.7. The lowest BCUT2D eigenvalue weighted by Gasteiger charge is -2.27. The molecule has 1 aliphatic rings. The number of rotatable bonds is 4. The van der Waals surface area contributed by atoms with E-state index in [0.29, 0.717) is 6.54 Å². The van der Waals surface area contributed by atoms with E-state index < -0.39 is 0 Å². The second-order valence-corrected chi connectivity index (χ2v) is 5.43. The van der Waals surface area contributed by atoms with E-state index in [-0.39, 0.29) is 12.6 Å². The molecule has 4 nitrogen and oxygen atoms in total. The van der Waals surface area contributed by atoms with Gasteiger partial charge in [0.1, 0.15) is 5.82 Å². The first kappa shape index (κ1) is 14.0. The van der Waals surface area contributed by atoms with Crippen LogP contribution in [0, 0.1) is 0 Å². The molecule has 0 saturated carbocycles. The molecule has 0 bridgehead atoms. The molecule has 1 aliphatic heterocycles. The summed E-state index contributed by atoms with van der Waals surface area (Å²) in [6.45, 7) is 1.72. The van der Waals surface area contributed by atoms with Gasteiger partial charge in [0.25, 0.3) is 0 Å². The second kappa shape index (κ2) is 6.24. The zero-order valence-electron chi connectivity index (χ0n) is 12.3. The molecule has 1 aromatic carbocycles. The third kappa shape index (κ3) is 2.91. The molecule has 1 atom stereocenters. The number of pyridine rings is 1. The summed E-state index contributed by atoms with van der Waals surface area (Å²) in [6.07, 6.45) is 3.01. The van der Waals surface area contributed by atoms with Crippen molar-refractivity contribution in [1.29, 1.82) is 0 Å². The zero-order valence-corrected chi connectivity index (χ0v) is 12.3. The first-order valence-corrected chi connectivity index (χ1v) is 7.38. The normalized spacial score (nSPS) is 17.3. The van der Waals surface area contributed by atoms with Crippen LogP contribution in [0.4, 0.5) is 5.82 Å². The molecule has 0 aliphatic carbocycles. The first-order chi connectivity index (χ1) is 10.3. The predicted molar refractivity (Wildman–Crippen MR) is 84.6 cm³/mol. The molecule has 1 aromatic heterocycles. The van der Waals surface area contributed by atoms with Crippen molar-refractivity contribution in [3.8, 4) is 0 Å². The van der Waals surface area contributed by atoms with Crippen molar-refractivity contribution in [3.05, 3.63) is 59.3 Å².